The first-order chi connectivity index (χ1) is 70.8. The lowest BCUT2D eigenvalue weighted by atomic mass is 9.88. The zero-order valence-electron chi connectivity index (χ0n) is 85.9. The molecule has 8 fully saturated rings. The second kappa shape index (κ2) is 66.1. The summed E-state index contributed by atoms with van der Waals surface area (Å²) in [5, 5.41) is 284. The van der Waals surface area contributed by atoms with Crippen LogP contribution in [0, 0.1) is 0 Å². The fraction of sp³-hybridized carbons (Fsp3) is 0.909. The molecule has 0 bridgehead atoms. The Kier molecular flexibility index (Phi) is 57.3. The molecule has 8 saturated heterocycles. The Bertz CT molecular complexity index is 3790. The van der Waals surface area contributed by atoms with Gasteiger partial charge in [0.25, 0.3) is 5.79 Å². The largest absolute Gasteiger partial charge is 0.477 e. The van der Waals surface area contributed by atoms with E-state index in [0.717, 1.165) is 97.8 Å². The number of unbranched alkanes of at least 4 members (excludes halogenated alkanes) is 28. The smallest absolute Gasteiger partial charge is 0.364 e. The summed E-state index contributed by atoms with van der Waals surface area (Å²) in [6.45, 7) is -0.317. The maximum absolute atomic E-state index is 13.7. The van der Waals surface area contributed by atoms with E-state index in [4.69, 9.17) is 75.8 Å². The molecule has 8 rings (SSSR count). The molecular formula is C99H174N4O45. The van der Waals surface area contributed by atoms with Crippen molar-refractivity contribution in [3.05, 3.63) is 24.3 Å². The molecule has 8 aliphatic rings. The Hall–Kier alpha value is -4.73. The van der Waals surface area contributed by atoms with Gasteiger partial charge in [0.1, 0.15) is 183 Å². The van der Waals surface area contributed by atoms with Gasteiger partial charge in [0.15, 0.2) is 44.0 Å². The second-order valence-electron chi connectivity index (χ2n) is 40.2. The lowest BCUT2D eigenvalue weighted by molar-refractivity contribution is -0.406. The number of carboxylic acids is 1. The van der Waals surface area contributed by atoms with Gasteiger partial charge in [-0.05, 0) is 51.9 Å². The molecule has 4 amide bonds. The van der Waals surface area contributed by atoms with Crippen LogP contribution in [0.15, 0.2) is 24.3 Å². The van der Waals surface area contributed by atoms with Crippen molar-refractivity contribution < 1.29 is 222 Å². The molecule has 0 spiro atoms. The molecule has 0 radical (unpaired) electrons. The van der Waals surface area contributed by atoms with Gasteiger partial charge >= 0.3 is 5.97 Å². The highest BCUT2D eigenvalue weighted by atomic mass is 16.8. The number of allylic oxidation sites excluding steroid dienone is 3. The molecule has 8 aliphatic heterocycles. The normalized spacial score (nSPS) is 37.8. The topological polar surface area (TPSA) is 767 Å². The van der Waals surface area contributed by atoms with Crippen molar-refractivity contribution in [1.29, 1.82) is 0 Å². The summed E-state index contributed by atoms with van der Waals surface area (Å²) < 4.78 is 97.1. The molecular weight excluding hydrogens is 1970 g/mol. The van der Waals surface area contributed by atoms with E-state index in [9.17, 15) is 147 Å². The summed E-state index contributed by atoms with van der Waals surface area (Å²) in [7, 11) is 0. The number of nitrogens with one attached hydrogen (secondary N) is 4. The second-order valence-corrected chi connectivity index (χ2v) is 40.2. The monoisotopic (exact) mass is 2140 g/mol. The number of hydrogen-bond acceptors (Lipinski definition) is 44. The fourth-order valence-corrected chi connectivity index (χ4v) is 19.9. The lowest BCUT2D eigenvalue weighted by Crippen LogP contribution is -2.72. The highest BCUT2D eigenvalue weighted by Gasteiger charge is 2.64. The average Bonchev–Trinajstić information content (AvgIpc) is 0.745. The van der Waals surface area contributed by atoms with Gasteiger partial charge in [-0.2, -0.15) is 0 Å². The SMILES string of the molecule is CCCCCCCC/C=C\CCCCCCCCCCCCCC(=O)N[C@@H](CO[C@@H]1OC(CO)[C@@H](O[C@@H]2OC(CO)[C@H](O)[C@H](O[C@@H]3OC(CO)[C@@H](O[C@@H]4OC(CO)[C@H](O)[C@H](O[C@H]5OC(CO)[C@H](O)[C@H](O[C@@H]6OC(CO)[C@H](O)[C@H](O[C@]7(C(=O)O)CC(O)[C@@H](NC(C)=O)C([C@H](O)[C@H](O)CO)O7)C6O)C5NC(C)=O)C4O[C@H]4OC(C)[C@@H](O)C(O)[C@@H]4O)[C@H](O)C3NC(C)=O)C2O)[C@H](O)C1O)[C@H](O)/C=C/CCCCCCCCCCCCC. The van der Waals surface area contributed by atoms with Crippen LogP contribution in [0.5, 0.6) is 0 Å². The minimum atomic E-state index is -3.32. The van der Waals surface area contributed by atoms with E-state index in [1.54, 1.807) is 6.08 Å². The van der Waals surface area contributed by atoms with Gasteiger partial charge in [-0.15, -0.1) is 0 Å². The Morgan fingerprint density at radius 1 is 0.365 bits per heavy atom. The predicted molar refractivity (Wildman–Crippen MR) is 514 cm³/mol. The van der Waals surface area contributed by atoms with Crippen molar-refractivity contribution in [3.8, 4) is 0 Å². The van der Waals surface area contributed by atoms with Gasteiger partial charge in [0, 0.05) is 33.6 Å². The first kappa shape index (κ1) is 128. The minimum absolute atomic E-state index is 0.130. The highest BCUT2D eigenvalue weighted by Crippen LogP contribution is 2.43. The quantitative estimate of drug-likeness (QED) is 0.0202. The summed E-state index contributed by atoms with van der Waals surface area (Å²) in [6.07, 6.45) is -39.0. The number of aliphatic hydroxyl groups is 23. The molecule has 8 heterocycles. The first-order valence-corrected chi connectivity index (χ1v) is 53.1. The number of carbonyl (C=O) groups is 5. The van der Waals surface area contributed by atoms with Crippen molar-refractivity contribution in [2.45, 2.75) is 517 Å². The Balaban J connectivity index is 0.973. The Morgan fingerprint density at radius 3 is 1.23 bits per heavy atom. The number of aliphatic carboxylic acids is 1. The molecule has 0 aromatic carbocycles. The van der Waals surface area contributed by atoms with E-state index in [1.807, 2.05) is 6.08 Å². The number of amides is 4. The zero-order valence-corrected chi connectivity index (χ0v) is 85.9. The summed E-state index contributed by atoms with van der Waals surface area (Å²) in [5.74, 6) is -8.76. The molecule has 148 heavy (non-hydrogen) atoms. The van der Waals surface area contributed by atoms with E-state index in [-0.39, 0.29) is 12.3 Å². The first-order valence-electron chi connectivity index (χ1n) is 53.1. The molecule has 43 atom stereocenters. The van der Waals surface area contributed by atoms with Crippen LogP contribution in [-0.4, -0.2) is 468 Å². The van der Waals surface area contributed by atoms with Crippen molar-refractivity contribution >= 4 is 29.6 Å². The van der Waals surface area contributed by atoms with Crippen molar-refractivity contribution in [2.24, 2.45) is 0 Å². The van der Waals surface area contributed by atoms with Gasteiger partial charge in [-0.3, -0.25) is 19.2 Å². The summed E-state index contributed by atoms with van der Waals surface area (Å²) >= 11 is 0. The van der Waals surface area contributed by atoms with Crippen LogP contribution in [-0.2, 0) is 99.8 Å². The van der Waals surface area contributed by atoms with Crippen LogP contribution in [0.4, 0.5) is 0 Å². The van der Waals surface area contributed by atoms with Crippen LogP contribution in [0.1, 0.15) is 253 Å². The number of ether oxygens (including phenoxy) is 16. The van der Waals surface area contributed by atoms with E-state index >= 15 is 0 Å². The number of rotatable bonds is 66. The third-order valence-electron chi connectivity index (χ3n) is 28.4. The van der Waals surface area contributed by atoms with Gasteiger partial charge < -0.3 is 220 Å². The highest BCUT2D eigenvalue weighted by molar-refractivity contribution is 5.77. The number of aliphatic hydroxyl groups excluding tert-OH is 23. The van der Waals surface area contributed by atoms with Crippen LogP contribution in [0.3, 0.4) is 0 Å². The molecule has 28 N–H and O–H groups in total. The maximum atomic E-state index is 13.7. The third kappa shape index (κ3) is 37.2. The van der Waals surface area contributed by atoms with Crippen LogP contribution in [0.2, 0.25) is 0 Å². The van der Waals surface area contributed by atoms with Crippen LogP contribution in [0.25, 0.3) is 0 Å². The predicted octanol–water partition coefficient (Wildman–Crippen LogP) is -4.28. The van der Waals surface area contributed by atoms with Gasteiger partial charge in [0.05, 0.1) is 83.3 Å². The van der Waals surface area contributed by atoms with Crippen molar-refractivity contribution in [2.75, 3.05) is 52.9 Å². The fourth-order valence-electron chi connectivity index (χ4n) is 19.9. The van der Waals surface area contributed by atoms with Crippen LogP contribution >= 0.6 is 0 Å². The molecule has 49 nitrogen and oxygen atoms in total. The standard InChI is InChI=1S/C99H174N4O45/c1-7-9-11-13-15-17-19-21-22-23-24-25-26-27-28-30-32-34-36-38-40-42-66(117)103-56(57(114)41-39-37-35-33-31-29-20-18-16-14-12-10-8-2)51-133-93-80(128)78(126)84(65(50-110)140-93)141-95-81(129)87(73(121)61(46-106)136-95)144-91-68(101-54(5)112)76(124)83(64(49-109)139-91)142-97-90(146-94-79(127)77(125)70(118)52(3)134-94)89(75(123)63(48-108)138-97)145-92-69(102-55(6)113)85(72(120)60(45-105)135-92)143-96-82(130)88(74(122)62(47-107)137-96)148-99(98(131)132)43-58(115)67(100-53(4)111)86(147-99)71(119)59(116)44-104/h21-22,39,41,52,56-65,67-97,104-110,114-116,118-130H,7-20,23-38,40,42-51H2,1-6H3,(H,100,111)(H,101,112)(H,102,113)(H,103,117)(H,131,132)/b22-21-,41-39+/t52?,56-,57+,58?,59+,60?,61?,62?,63?,64?,65?,67+,68?,69?,70+,71+,72-,73-,74-,75-,76+,77?,78+,79-,80?,81?,82?,83+,84+,85+,86?,87-,88-,89-,90?,91-,92+,93+,94+,95-,96-,97-,99-/m0/s1. The van der Waals surface area contributed by atoms with Crippen molar-refractivity contribution in [3.63, 3.8) is 0 Å². The third-order valence-corrected chi connectivity index (χ3v) is 28.4. The average molecular weight is 2140 g/mol. The molecule has 49 heteroatoms. The molecule has 0 aromatic rings. The Labute approximate surface area is 863 Å². The van der Waals surface area contributed by atoms with Crippen molar-refractivity contribution in [1.82, 2.24) is 21.3 Å². The van der Waals surface area contributed by atoms with E-state index in [0.29, 0.717) is 12.8 Å². The number of hydrogen-bond donors (Lipinski definition) is 28. The Morgan fingerprint density at radius 2 is 0.736 bits per heavy atom. The van der Waals surface area contributed by atoms with Gasteiger partial charge in [0.2, 0.25) is 23.6 Å². The molecule has 860 valence electrons. The molecule has 16 unspecified atom stereocenters. The molecule has 0 aromatic heterocycles. The minimum Gasteiger partial charge on any atom is -0.477 e. The van der Waals surface area contributed by atoms with Gasteiger partial charge in [-0.25, -0.2) is 4.79 Å². The van der Waals surface area contributed by atoms with E-state index in [2.05, 4.69) is 47.3 Å². The zero-order chi connectivity index (χ0) is 109. The van der Waals surface area contributed by atoms with Gasteiger partial charge in [-0.1, -0.05) is 192 Å². The van der Waals surface area contributed by atoms with E-state index < -0.39 is 346 Å². The summed E-state index contributed by atoms with van der Waals surface area (Å²) in [4.78, 5) is 66.4. The molecule has 0 saturated carbocycles. The summed E-state index contributed by atoms with van der Waals surface area (Å²) in [5.41, 5.74) is 0. The maximum Gasteiger partial charge on any atom is 0.364 e. The molecule has 0 aliphatic carbocycles. The van der Waals surface area contributed by atoms with Crippen LogP contribution < -0.4 is 21.3 Å². The number of carbonyl (C=O) groups excluding carboxylic acids is 4. The lowest BCUT2D eigenvalue weighted by Gasteiger charge is -2.52. The summed E-state index contributed by atoms with van der Waals surface area (Å²) in [6, 6.07) is -7.02. The number of carboxylic acid groups (broad SMARTS) is 1. The van der Waals surface area contributed by atoms with E-state index in [1.165, 1.54) is 116 Å².